The molecule has 0 spiro atoms. The van der Waals surface area contributed by atoms with Crippen LogP contribution in [0.15, 0.2) is 4.63 Å². The highest BCUT2D eigenvalue weighted by Crippen LogP contribution is 2.22. The van der Waals surface area contributed by atoms with E-state index in [9.17, 15) is 4.79 Å². The van der Waals surface area contributed by atoms with E-state index >= 15 is 0 Å². The Kier molecular flexibility index (Phi) is 4.96. The molecule has 0 N–H and O–H groups in total. The van der Waals surface area contributed by atoms with Crippen molar-refractivity contribution in [3.63, 3.8) is 0 Å². The third-order valence-corrected chi connectivity index (χ3v) is 4.85. The van der Waals surface area contributed by atoms with Gasteiger partial charge in [-0.25, -0.2) is 4.63 Å². The molecule has 7 heteroatoms. The van der Waals surface area contributed by atoms with Crippen LogP contribution in [-0.4, -0.2) is 70.4 Å². The van der Waals surface area contributed by atoms with Gasteiger partial charge in [0.05, 0.1) is 18.6 Å². The van der Waals surface area contributed by atoms with Crippen LogP contribution in [-0.2, 0) is 16.0 Å². The maximum absolute atomic E-state index is 12.4. The Morgan fingerprint density at radius 3 is 2.39 bits per heavy atom. The summed E-state index contributed by atoms with van der Waals surface area (Å²) in [4.78, 5) is 16.9. The van der Waals surface area contributed by atoms with E-state index in [-0.39, 0.29) is 12.3 Å². The Labute approximate surface area is 136 Å². The van der Waals surface area contributed by atoms with Crippen LogP contribution in [0.4, 0.5) is 0 Å². The molecule has 2 aliphatic rings. The molecule has 128 valence electrons. The fourth-order valence-corrected chi connectivity index (χ4v) is 3.66. The molecule has 0 bridgehead atoms. The number of amides is 1. The summed E-state index contributed by atoms with van der Waals surface area (Å²) in [5, 5.41) is 7.53. The van der Waals surface area contributed by atoms with E-state index in [0.717, 1.165) is 39.0 Å². The number of hydrogen-bond donors (Lipinski definition) is 0. The van der Waals surface area contributed by atoms with Crippen LogP contribution in [0.3, 0.4) is 0 Å². The standard InChI is InChI=1S/C16H26N4O3/c1-11-9-20(10-12(2)22-11)14-4-6-19(7-5-14)16(21)8-15-13(3)17-23-18-15/h11-12,14H,4-10H2,1-3H3/t11-,12+. The van der Waals surface area contributed by atoms with Gasteiger partial charge in [-0.1, -0.05) is 10.3 Å². The molecule has 1 aromatic heterocycles. The largest absolute Gasteiger partial charge is 0.373 e. The van der Waals surface area contributed by atoms with Crippen LogP contribution < -0.4 is 0 Å². The minimum absolute atomic E-state index is 0.117. The maximum Gasteiger partial charge on any atom is 0.228 e. The van der Waals surface area contributed by atoms with Crippen molar-refractivity contribution in [3.8, 4) is 0 Å². The minimum atomic E-state index is 0.117. The monoisotopic (exact) mass is 322 g/mol. The fraction of sp³-hybridized carbons (Fsp3) is 0.812. The van der Waals surface area contributed by atoms with Crippen molar-refractivity contribution in [1.82, 2.24) is 20.1 Å². The molecule has 3 heterocycles. The molecule has 2 aliphatic heterocycles. The third-order valence-electron chi connectivity index (χ3n) is 4.85. The van der Waals surface area contributed by atoms with Crippen molar-refractivity contribution < 1.29 is 14.2 Å². The lowest BCUT2D eigenvalue weighted by Crippen LogP contribution is -2.53. The van der Waals surface area contributed by atoms with Gasteiger partial charge in [-0.15, -0.1) is 0 Å². The minimum Gasteiger partial charge on any atom is -0.373 e. The summed E-state index contributed by atoms with van der Waals surface area (Å²) < 4.78 is 10.5. The number of piperidine rings is 1. The first-order valence-corrected chi connectivity index (χ1v) is 8.48. The Bertz CT molecular complexity index is 529. The first kappa shape index (κ1) is 16.4. The first-order chi connectivity index (χ1) is 11.0. The summed E-state index contributed by atoms with van der Waals surface area (Å²) in [6, 6.07) is 0.559. The van der Waals surface area contributed by atoms with Gasteiger partial charge in [-0.05, 0) is 33.6 Å². The molecule has 2 saturated heterocycles. The highest BCUT2D eigenvalue weighted by molar-refractivity contribution is 5.78. The highest BCUT2D eigenvalue weighted by Gasteiger charge is 2.31. The molecular weight excluding hydrogens is 296 g/mol. The number of nitrogens with zero attached hydrogens (tertiary/aromatic N) is 4. The average Bonchev–Trinajstić information content (AvgIpc) is 2.91. The van der Waals surface area contributed by atoms with Gasteiger partial charge in [0.2, 0.25) is 5.91 Å². The lowest BCUT2D eigenvalue weighted by Gasteiger charge is -2.43. The van der Waals surface area contributed by atoms with E-state index < -0.39 is 0 Å². The zero-order valence-electron chi connectivity index (χ0n) is 14.2. The summed E-state index contributed by atoms with van der Waals surface area (Å²) in [7, 11) is 0. The number of hydrogen-bond acceptors (Lipinski definition) is 6. The summed E-state index contributed by atoms with van der Waals surface area (Å²) >= 11 is 0. The number of aryl methyl sites for hydroxylation is 1. The normalized spacial score (nSPS) is 27.3. The molecular formula is C16H26N4O3. The quantitative estimate of drug-likeness (QED) is 0.827. The van der Waals surface area contributed by atoms with Crippen molar-refractivity contribution >= 4 is 5.91 Å². The molecule has 1 aromatic rings. The third kappa shape index (κ3) is 3.90. The maximum atomic E-state index is 12.4. The molecule has 1 amide bonds. The summed E-state index contributed by atoms with van der Waals surface area (Å²) in [6.45, 7) is 9.69. The molecule has 0 aromatic carbocycles. The zero-order chi connectivity index (χ0) is 16.4. The summed E-state index contributed by atoms with van der Waals surface area (Å²) in [6.07, 6.45) is 2.93. The van der Waals surface area contributed by atoms with Gasteiger partial charge in [0, 0.05) is 32.2 Å². The molecule has 0 aliphatic carbocycles. The van der Waals surface area contributed by atoms with E-state index in [0.29, 0.717) is 29.6 Å². The van der Waals surface area contributed by atoms with Gasteiger partial charge < -0.3 is 9.64 Å². The number of morpholine rings is 1. The van der Waals surface area contributed by atoms with Crippen LogP contribution in [0, 0.1) is 6.92 Å². The Morgan fingerprint density at radius 2 is 1.83 bits per heavy atom. The van der Waals surface area contributed by atoms with Gasteiger partial charge in [0.1, 0.15) is 11.4 Å². The number of likely N-dealkylation sites (tertiary alicyclic amines) is 1. The molecule has 0 saturated carbocycles. The summed E-state index contributed by atoms with van der Waals surface area (Å²) in [5.41, 5.74) is 1.34. The van der Waals surface area contributed by atoms with Crippen LogP contribution in [0.5, 0.6) is 0 Å². The van der Waals surface area contributed by atoms with Crippen molar-refractivity contribution in [2.24, 2.45) is 0 Å². The van der Waals surface area contributed by atoms with Gasteiger partial charge in [-0.3, -0.25) is 9.69 Å². The lowest BCUT2D eigenvalue weighted by atomic mass is 10.0. The first-order valence-electron chi connectivity index (χ1n) is 8.48. The van der Waals surface area contributed by atoms with Gasteiger partial charge in [-0.2, -0.15) is 0 Å². The number of aromatic nitrogens is 2. The number of carbonyl (C=O) groups is 1. The van der Waals surface area contributed by atoms with Crippen molar-refractivity contribution in [1.29, 1.82) is 0 Å². The predicted octanol–water partition coefficient (Wildman–Crippen LogP) is 1.02. The van der Waals surface area contributed by atoms with Crippen molar-refractivity contribution in [2.45, 2.75) is 58.3 Å². The van der Waals surface area contributed by atoms with E-state index in [1.807, 2.05) is 11.8 Å². The molecule has 0 radical (unpaired) electrons. The van der Waals surface area contributed by atoms with Gasteiger partial charge in [0.15, 0.2) is 0 Å². The molecule has 23 heavy (non-hydrogen) atoms. The average molecular weight is 322 g/mol. The number of carbonyl (C=O) groups excluding carboxylic acids is 1. The molecule has 2 atom stereocenters. The number of rotatable bonds is 3. The fourth-order valence-electron chi connectivity index (χ4n) is 3.66. The predicted molar refractivity (Wildman–Crippen MR) is 83.9 cm³/mol. The molecule has 2 fully saturated rings. The topological polar surface area (TPSA) is 71.7 Å². The highest BCUT2D eigenvalue weighted by atomic mass is 16.6. The molecule has 0 unspecified atom stereocenters. The second-order valence-corrected chi connectivity index (χ2v) is 6.80. The van der Waals surface area contributed by atoms with Crippen molar-refractivity contribution in [3.05, 3.63) is 11.4 Å². The van der Waals surface area contributed by atoms with Crippen LogP contribution in [0.1, 0.15) is 38.1 Å². The van der Waals surface area contributed by atoms with E-state index in [4.69, 9.17) is 4.74 Å². The van der Waals surface area contributed by atoms with Crippen LogP contribution in [0.2, 0.25) is 0 Å². The van der Waals surface area contributed by atoms with E-state index in [2.05, 4.69) is 33.7 Å². The van der Waals surface area contributed by atoms with Crippen LogP contribution in [0.25, 0.3) is 0 Å². The zero-order valence-corrected chi connectivity index (χ0v) is 14.2. The smallest absolute Gasteiger partial charge is 0.228 e. The Balaban J connectivity index is 1.50. The second kappa shape index (κ2) is 6.97. The molecule has 7 nitrogen and oxygen atoms in total. The SMILES string of the molecule is Cc1nonc1CC(=O)N1CCC(N2C[C@@H](C)O[C@@H](C)C2)CC1. The van der Waals surface area contributed by atoms with Crippen molar-refractivity contribution in [2.75, 3.05) is 26.2 Å². The van der Waals surface area contributed by atoms with Crippen LogP contribution >= 0.6 is 0 Å². The van der Waals surface area contributed by atoms with E-state index in [1.54, 1.807) is 0 Å². The summed E-state index contributed by atoms with van der Waals surface area (Å²) in [5.74, 6) is 0.117. The Hall–Kier alpha value is -1.47. The molecule has 3 rings (SSSR count). The van der Waals surface area contributed by atoms with E-state index in [1.165, 1.54) is 0 Å². The Morgan fingerprint density at radius 1 is 1.17 bits per heavy atom. The second-order valence-electron chi connectivity index (χ2n) is 6.80. The van der Waals surface area contributed by atoms with Gasteiger partial charge in [0.25, 0.3) is 0 Å². The lowest BCUT2D eigenvalue weighted by molar-refractivity contribution is -0.133. The number of ether oxygens (including phenoxy) is 1. The van der Waals surface area contributed by atoms with Gasteiger partial charge >= 0.3 is 0 Å².